The van der Waals surface area contributed by atoms with Gasteiger partial charge in [0.05, 0.1) is 24.4 Å². The SMILES string of the molecule is Cc1ccc([C@@H]2CC(Oc3cncnc3)=NO2)cc1Oc1cccc(C(F)(F)F)c1.S. The van der Waals surface area contributed by atoms with E-state index in [1.807, 2.05) is 19.1 Å². The Morgan fingerprint density at radius 2 is 1.77 bits per heavy atom. The van der Waals surface area contributed by atoms with Crippen LogP contribution in [0.2, 0.25) is 0 Å². The van der Waals surface area contributed by atoms with Crippen molar-refractivity contribution in [3.63, 3.8) is 0 Å². The van der Waals surface area contributed by atoms with Gasteiger partial charge >= 0.3 is 6.18 Å². The first-order valence-corrected chi connectivity index (χ1v) is 9.00. The van der Waals surface area contributed by atoms with Gasteiger partial charge in [-0.1, -0.05) is 23.4 Å². The van der Waals surface area contributed by atoms with Crippen molar-refractivity contribution < 1.29 is 27.5 Å². The van der Waals surface area contributed by atoms with Gasteiger partial charge in [-0.3, -0.25) is 0 Å². The molecule has 0 spiro atoms. The zero-order valence-electron chi connectivity index (χ0n) is 16.3. The molecular weight excluding hydrogens is 431 g/mol. The lowest BCUT2D eigenvalue weighted by atomic mass is 10.0. The number of hydrogen-bond donors (Lipinski definition) is 0. The van der Waals surface area contributed by atoms with Gasteiger partial charge in [0.2, 0.25) is 5.90 Å². The van der Waals surface area contributed by atoms with Gasteiger partial charge in [0.25, 0.3) is 0 Å². The van der Waals surface area contributed by atoms with Gasteiger partial charge in [-0.05, 0) is 42.3 Å². The van der Waals surface area contributed by atoms with Crippen molar-refractivity contribution in [2.24, 2.45) is 5.16 Å². The van der Waals surface area contributed by atoms with Crippen molar-refractivity contribution in [1.82, 2.24) is 9.97 Å². The lowest BCUT2D eigenvalue weighted by Gasteiger charge is -2.14. The lowest BCUT2D eigenvalue weighted by Crippen LogP contribution is -2.08. The number of hydrogen-bond acceptors (Lipinski definition) is 6. The minimum atomic E-state index is -4.44. The Morgan fingerprint density at radius 1 is 1.00 bits per heavy atom. The van der Waals surface area contributed by atoms with E-state index < -0.39 is 17.8 Å². The monoisotopic (exact) mass is 449 g/mol. The van der Waals surface area contributed by atoms with Crippen LogP contribution in [0.5, 0.6) is 17.2 Å². The minimum absolute atomic E-state index is 0. The molecule has 10 heteroatoms. The fourth-order valence-electron chi connectivity index (χ4n) is 2.86. The molecule has 0 unspecified atom stereocenters. The summed E-state index contributed by atoms with van der Waals surface area (Å²) >= 11 is 0. The first kappa shape index (κ1) is 22.4. The van der Waals surface area contributed by atoms with Crippen LogP contribution >= 0.6 is 13.5 Å². The second-order valence-electron chi connectivity index (χ2n) is 6.61. The number of aryl methyl sites for hydroxylation is 1. The van der Waals surface area contributed by atoms with Crippen LogP contribution < -0.4 is 9.47 Å². The van der Waals surface area contributed by atoms with E-state index in [4.69, 9.17) is 14.3 Å². The number of benzene rings is 2. The van der Waals surface area contributed by atoms with Crippen molar-refractivity contribution in [3.05, 3.63) is 77.9 Å². The number of rotatable bonds is 4. The molecule has 0 N–H and O–H groups in total. The number of ether oxygens (including phenoxy) is 2. The zero-order valence-corrected chi connectivity index (χ0v) is 17.3. The fourth-order valence-corrected chi connectivity index (χ4v) is 2.86. The smallest absolute Gasteiger partial charge is 0.416 e. The standard InChI is InChI=1S/C21H16F3N3O3.H2S/c1-13-5-6-14(19-9-20(27-30-19)29-17-10-25-12-26-11-17)7-18(13)28-16-4-2-3-15(8-16)21(22,23)24;/h2-8,10-12,19H,9H2,1H3;1H2/t19-;/m0./s1. The summed E-state index contributed by atoms with van der Waals surface area (Å²) in [6.07, 6.45) is -0.0623. The summed E-state index contributed by atoms with van der Waals surface area (Å²) in [7, 11) is 0. The number of nitrogens with zero attached hydrogens (tertiary/aromatic N) is 3. The number of oxime groups is 1. The van der Waals surface area contributed by atoms with Gasteiger partial charge in [0, 0.05) is 0 Å². The van der Waals surface area contributed by atoms with Crippen LogP contribution in [-0.2, 0) is 11.0 Å². The summed E-state index contributed by atoms with van der Waals surface area (Å²) in [6, 6.07) is 10.1. The van der Waals surface area contributed by atoms with Crippen LogP contribution in [0.4, 0.5) is 13.2 Å². The molecule has 0 aliphatic carbocycles. The molecule has 2 aromatic carbocycles. The minimum Gasteiger partial charge on any atom is -0.457 e. The van der Waals surface area contributed by atoms with E-state index in [2.05, 4.69) is 15.1 Å². The molecule has 0 saturated carbocycles. The molecule has 162 valence electrons. The highest BCUT2D eigenvalue weighted by molar-refractivity contribution is 7.59. The molecule has 1 aliphatic heterocycles. The van der Waals surface area contributed by atoms with Crippen molar-refractivity contribution in [2.75, 3.05) is 0 Å². The van der Waals surface area contributed by atoms with Crippen molar-refractivity contribution in [3.8, 4) is 17.2 Å². The second-order valence-corrected chi connectivity index (χ2v) is 6.61. The molecule has 0 saturated heterocycles. The van der Waals surface area contributed by atoms with E-state index >= 15 is 0 Å². The summed E-state index contributed by atoms with van der Waals surface area (Å²) in [5.41, 5.74) is 0.759. The Hall–Kier alpha value is -3.27. The van der Waals surface area contributed by atoms with Gasteiger partial charge < -0.3 is 14.3 Å². The average Bonchev–Trinajstić information content (AvgIpc) is 3.18. The van der Waals surface area contributed by atoms with Crippen LogP contribution in [-0.4, -0.2) is 15.9 Å². The summed E-state index contributed by atoms with van der Waals surface area (Å²) in [4.78, 5) is 13.2. The highest BCUT2D eigenvalue weighted by Crippen LogP contribution is 2.36. The van der Waals surface area contributed by atoms with E-state index in [1.165, 1.54) is 30.9 Å². The Labute approximate surface area is 183 Å². The first-order chi connectivity index (χ1) is 14.4. The summed E-state index contributed by atoms with van der Waals surface area (Å²) in [5, 5.41) is 3.94. The maximum Gasteiger partial charge on any atom is 0.416 e. The van der Waals surface area contributed by atoms with E-state index in [0.717, 1.165) is 23.3 Å². The number of halogens is 3. The number of aromatic nitrogens is 2. The molecule has 6 nitrogen and oxygen atoms in total. The van der Waals surface area contributed by atoms with Crippen molar-refractivity contribution in [2.45, 2.75) is 25.6 Å². The molecule has 1 atom stereocenters. The predicted octanol–water partition coefficient (Wildman–Crippen LogP) is 5.56. The van der Waals surface area contributed by atoms with Gasteiger partial charge in [-0.25, -0.2) is 9.97 Å². The average molecular weight is 449 g/mol. The maximum absolute atomic E-state index is 12.9. The van der Waals surface area contributed by atoms with Crippen LogP contribution in [0, 0.1) is 6.92 Å². The fraction of sp³-hybridized carbons (Fsp3) is 0.190. The molecule has 0 amide bonds. The Morgan fingerprint density at radius 3 is 2.52 bits per heavy atom. The quantitative estimate of drug-likeness (QED) is 0.522. The molecule has 0 radical (unpaired) electrons. The van der Waals surface area contributed by atoms with Crippen LogP contribution in [0.25, 0.3) is 0 Å². The highest BCUT2D eigenvalue weighted by Gasteiger charge is 2.31. The van der Waals surface area contributed by atoms with Gasteiger partial charge in [0.15, 0.2) is 11.9 Å². The van der Waals surface area contributed by atoms with Crippen molar-refractivity contribution in [1.29, 1.82) is 0 Å². The topological polar surface area (TPSA) is 65.8 Å². The first-order valence-electron chi connectivity index (χ1n) is 9.00. The van der Waals surface area contributed by atoms with Gasteiger partial charge in [-0.15, -0.1) is 0 Å². The molecule has 3 aromatic rings. The third kappa shape index (κ3) is 5.46. The van der Waals surface area contributed by atoms with E-state index in [1.54, 1.807) is 6.07 Å². The molecule has 1 aromatic heterocycles. The lowest BCUT2D eigenvalue weighted by molar-refractivity contribution is -0.137. The largest absolute Gasteiger partial charge is 0.457 e. The Kier molecular flexibility index (Phi) is 6.69. The third-order valence-electron chi connectivity index (χ3n) is 4.39. The molecule has 4 rings (SSSR count). The molecule has 2 heterocycles. The number of alkyl halides is 3. The van der Waals surface area contributed by atoms with E-state index in [-0.39, 0.29) is 19.2 Å². The van der Waals surface area contributed by atoms with Crippen LogP contribution in [0.3, 0.4) is 0 Å². The zero-order chi connectivity index (χ0) is 21.1. The Bertz CT molecular complexity index is 1080. The predicted molar refractivity (Wildman–Crippen MR) is 112 cm³/mol. The summed E-state index contributed by atoms with van der Waals surface area (Å²) in [5.74, 6) is 1.34. The molecular formula is C21H18F3N3O3S. The van der Waals surface area contributed by atoms with Crippen LogP contribution in [0.1, 0.15) is 29.2 Å². The third-order valence-corrected chi connectivity index (χ3v) is 4.39. The molecule has 0 bridgehead atoms. The maximum atomic E-state index is 12.9. The highest BCUT2D eigenvalue weighted by atomic mass is 32.1. The molecule has 1 aliphatic rings. The van der Waals surface area contributed by atoms with Crippen molar-refractivity contribution >= 4 is 19.4 Å². The van der Waals surface area contributed by atoms with E-state index in [9.17, 15) is 13.2 Å². The molecule has 0 fully saturated rings. The summed E-state index contributed by atoms with van der Waals surface area (Å²) in [6.45, 7) is 1.81. The Balaban J connectivity index is 0.00000272. The van der Waals surface area contributed by atoms with Gasteiger partial charge in [0.1, 0.15) is 17.8 Å². The van der Waals surface area contributed by atoms with Crippen LogP contribution in [0.15, 0.2) is 66.3 Å². The van der Waals surface area contributed by atoms with Gasteiger partial charge in [-0.2, -0.15) is 26.7 Å². The normalized spacial score (nSPS) is 15.5. The van der Waals surface area contributed by atoms with E-state index in [0.29, 0.717) is 23.8 Å². The summed E-state index contributed by atoms with van der Waals surface area (Å²) < 4.78 is 50.1. The second kappa shape index (κ2) is 9.25. The molecule has 31 heavy (non-hydrogen) atoms.